The molecular formula is C10H12ClNO3S. The maximum Gasteiger partial charge on any atom is 0.232 e. The van der Waals surface area contributed by atoms with Gasteiger partial charge in [0, 0.05) is 5.56 Å². The summed E-state index contributed by atoms with van der Waals surface area (Å²) in [5.74, 6) is -0.193. The third kappa shape index (κ3) is 3.21. The fourth-order valence-electron chi connectivity index (χ4n) is 1.06. The van der Waals surface area contributed by atoms with Crippen molar-refractivity contribution in [2.75, 3.05) is 10.5 Å². The first kappa shape index (κ1) is 13.0. The van der Waals surface area contributed by atoms with E-state index in [4.69, 9.17) is 11.6 Å². The molecular weight excluding hydrogens is 250 g/mol. The Morgan fingerprint density at radius 2 is 2.06 bits per heavy atom. The van der Waals surface area contributed by atoms with E-state index >= 15 is 0 Å². The molecule has 0 aliphatic rings. The van der Waals surface area contributed by atoms with Gasteiger partial charge in [-0.1, -0.05) is 11.6 Å². The molecule has 0 saturated carbocycles. The van der Waals surface area contributed by atoms with Crippen molar-refractivity contribution >= 4 is 33.1 Å². The topological polar surface area (TPSA) is 63.2 Å². The highest BCUT2D eigenvalue weighted by Crippen LogP contribution is 2.24. The fraction of sp³-hybridized carbons (Fsp3) is 0.300. The molecule has 0 heterocycles. The van der Waals surface area contributed by atoms with Crippen molar-refractivity contribution in [3.63, 3.8) is 0 Å². The molecule has 1 rings (SSSR count). The highest BCUT2D eigenvalue weighted by Gasteiger charge is 2.11. The zero-order valence-electron chi connectivity index (χ0n) is 8.95. The summed E-state index contributed by atoms with van der Waals surface area (Å²) < 4.78 is 25.0. The standard InChI is InChI=1S/C10H12ClNO3S/c1-3-16(14,15)12-10-6-8(7(2)13)4-5-9(10)11/h4-6,12H,3H2,1-2H3. The first-order valence-corrected chi connectivity index (χ1v) is 6.69. The van der Waals surface area contributed by atoms with Crippen LogP contribution in [-0.4, -0.2) is 20.0 Å². The minimum atomic E-state index is -3.38. The van der Waals surface area contributed by atoms with Crippen LogP contribution < -0.4 is 4.72 Å². The lowest BCUT2D eigenvalue weighted by atomic mass is 10.1. The normalized spacial score (nSPS) is 11.2. The predicted molar refractivity (Wildman–Crippen MR) is 64.5 cm³/mol. The van der Waals surface area contributed by atoms with E-state index < -0.39 is 10.0 Å². The third-order valence-electron chi connectivity index (χ3n) is 2.02. The van der Waals surface area contributed by atoms with Crippen molar-refractivity contribution < 1.29 is 13.2 Å². The van der Waals surface area contributed by atoms with E-state index in [0.717, 1.165) is 0 Å². The quantitative estimate of drug-likeness (QED) is 0.846. The minimum absolute atomic E-state index is 0.0480. The lowest BCUT2D eigenvalue weighted by molar-refractivity contribution is 0.101. The lowest BCUT2D eigenvalue weighted by Crippen LogP contribution is -2.15. The second kappa shape index (κ2) is 4.84. The molecule has 1 N–H and O–H groups in total. The van der Waals surface area contributed by atoms with Gasteiger partial charge in [-0.2, -0.15) is 0 Å². The lowest BCUT2D eigenvalue weighted by Gasteiger charge is -2.08. The van der Waals surface area contributed by atoms with E-state index in [0.29, 0.717) is 5.56 Å². The molecule has 6 heteroatoms. The number of rotatable bonds is 4. The Bertz CT molecular complexity index is 511. The number of hydrogen-bond acceptors (Lipinski definition) is 3. The van der Waals surface area contributed by atoms with Gasteiger partial charge in [0.25, 0.3) is 0 Å². The van der Waals surface area contributed by atoms with Gasteiger partial charge < -0.3 is 0 Å². The maximum absolute atomic E-state index is 11.3. The Hall–Kier alpha value is -1.07. The average Bonchev–Trinajstić information content (AvgIpc) is 2.21. The van der Waals surface area contributed by atoms with Crippen molar-refractivity contribution in [3.05, 3.63) is 28.8 Å². The number of Topliss-reactive ketones (excluding diaryl/α,β-unsaturated/α-hetero) is 1. The summed E-state index contributed by atoms with van der Waals surface area (Å²) in [7, 11) is -3.38. The zero-order valence-corrected chi connectivity index (χ0v) is 10.5. The Kier molecular flexibility index (Phi) is 3.93. The summed E-state index contributed by atoms with van der Waals surface area (Å²) in [5, 5.41) is 0.266. The zero-order chi connectivity index (χ0) is 12.3. The van der Waals surface area contributed by atoms with Gasteiger partial charge in [0.2, 0.25) is 10.0 Å². The van der Waals surface area contributed by atoms with Crippen molar-refractivity contribution in [3.8, 4) is 0 Å². The van der Waals surface area contributed by atoms with Crippen LogP contribution in [0.4, 0.5) is 5.69 Å². The average molecular weight is 262 g/mol. The second-order valence-electron chi connectivity index (χ2n) is 3.26. The highest BCUT2D eigenvalue weighted by molar-refractivity contribution is 7.92. The molecule has 4 nitrogen and oxygen atoms in total. The smallest absolute Gasteiger partial charge is 0.232 e. The molecule has 0 aliphatic heterocycles. The molecule has 0 radical (unpaired) electrons. The number of anilines is 1. The summed E-state index contributed by atoms with van der Waals surface area (Å²) in [6.07, 6.45) is 0. The summed E-state index contributed by atoms with van der Waals surface area (Å²) in [6.45, 7) is 2.92. The van der Waals surface area contributed by atoms with Crippen molar-refractivity contribution in [1.29, 1.82) is 0 Å². The van der Waals surface area contributed by atoms with E-state index in [1.54, 1.807) is 6.07 Å². The SMILES string of the molecule is CCS(=O)(=O)Nc1cc(C(C)=O)ccc1Cl. The van der Waals surface area contributed by atoms with Gasteiger partial charge in [-0.25, -0.2) is 8.42 Å². The van der Waals surface area contributed by atoms with Gasteiger partial charge in [0.15, 0.2) is 5.78 Å². The number of carbonyl (C=O) groups excluding carboxylic acids is 1. The highest BCUT2D eigenvalue weighted by atomic mass is 35.5. The van der Waals surface area contributed by atoms with Gasteiger partial charge in [-0.15, -0.1) is 0 Å². The van der Waals surface area contributed by atoms with E-state index in [1.165, 1.54) is 26.0 Å². The van der Waals surface area contributed by atoms with E-state index in [9.17, 15) is 13.2 Å². The van der Waals surface area contributed by atoms with Crippen LogP contribution >= 0.6 is 11.6 Å². The Labute approximate surface area is 99.7 Å². The number of sulfonamides is 1. The maximum atomic E-state index is 11.3. The van der Waals surface area contributed by atoms with Crippen LogP contribution in [0.15, 0.2) is 18.2 Å². The van der Waals surface area contributed by atoms with Gasteiger partial charge in [-0.3, -0.25) is 9.52 Å². The first-order valence-electron chi connectivity index (χ1n) is 4.66. The molecule has 1 aromatic rings. The van der Waals surface area contributed by atoms with Crippen molar-refractivity contribution in [2.45, 2.75) is 13.8 Å². The molecule has 0 aromatic heterocycles. The number of nitrogens with one attached hydrogen (secondary N) is 1. The Morgan fingerprint density at radius 3 is 2.56 bits per heavy atom. The number of benzene rings is 1. The van der Waals surface area contributed by atoms with E-state index in [1.807, 2.05) is 0 Å². The number of hydrogen-bond donors (Lipinski definition) is 1. The van der Waals surface area contributed by atoms with Gasteiger partial charge >= 0.3 is 0 Å². The molecule has 0 amide bonds. The molecule has 0 spiro atoms. The van der Waals surface area contributed by atoms with Crippen LogP contribution in [0.3, 0.4) is 0 Å². The largest absolute Gasteiger partial charge is 0.295 e. The summed E-state index contributed by atoms with van der Waals surface area (Å²) in [4.78, 5) is 11.1. The van der Waals surface area contributed by atoms with Crippen molar-refractivity contribution in [2.24, 2.45) is 0 Å². The number of ketones is 1. The monoisotopic (exact) mass is 261 g/mol. The van der Waals surface area contributed by atoms with Crippen molar-refractivity contribution in [1.82, 2.24) is 0 Å². The molecule has 1 aromatic carbocycles. The number of halogens is 1. The van der Waals surface area contributed by atoms with Crippen LogP contribution in [0.5, 0.6) is 0 Å². The van der Waals surface area contributed by atoms with Gasteiger partial charge in [0.1, 0.15) is 0 Å². The Balaban J connectivity index is 3.13. The molecule has 0 aliphatic carbocycles. The molecule has 0 bridgehead atoms. The fourth-order valence-corrected chi connectivity index (χ4v) is 1.93. The first-order chi connectivity index (χ1) is 7.35. The predicted octanol–water partition coefficient (Wildman–Crippen LogP) is 2.30. The van der Waals surface area contributed by atoms with Crippen LogP contribution in [0.2, 0.25) is 5.02 Å². The summed E-state index contributed by atoms with van der Waals surface area (Å²) >= 11 is 5.83. The van der Waals surface area contributed by atoms with Crippen LogP contribution in [0.1, 0.15) is 24.2 Å². The van der Waals surface area contributed by atoms with Gasteiger partial charge in [-0.05, 0) is 32.0 Å². The van der Waals surface area contributed by atoms with E-state index in [-0.39, 0.29) is 22.2 Å². The summed E-state index contributed by atoms with van der Waals surface area (Å²) in [6, 6.07) is 4.47. The van der Waals surface area contributed by atoms with Crippen LogP contribution in [0, 0.1) is 0 Å². The minimum Gasteiger partial charge on any atom is -0.295 e. The van der Waals surface area contributed by atoms with E-state index in [2.05, 4.69) is 4.72 Å². The van der Waals surface area contributed by atoms with Gasteiger partial charge in [0.05, 0.1) is 16.5 Å². The summed E-state index contributed by atoms with van der Waals surface area (Å²) in [5.41, 5.74) is 0.648. The van der Waals surface area contributed by atoms with Crippen LogP contribution in [-0.2, 0) is 10.0 Å². The third-order valence-corrected chi connectivity index (χ3v) is 3.64. The molecule has 16 heavy (non-hydrogen) atoms. The number of carbonyl (C=O) groups is 1. The molecule has 0 atom stereocenters. The Morgan fingerprint density at radius 1 is 1.44 bits per heavy atom. The molecule has 88 valence electrons. The van der Waals surface area contributed by atoms with Crippen LogP contribution in [0.25, 0.3) is 0 Å². The molecule has 0 saturated heterocycles. The second-order valence-corrected chi connectivity index (χ2v) is 5.67. The molecule has 0 fully saturated rings. The molecule has 0 unspecified atom stereocenters.